The van der Waals surface area contributed by atoms with E-state index < -0.39 is 0 Å². The van der Waals surface area contributed by atoms with Gasteiger partial charge < -0.3 is 4.90 Å². The molecule has 0 bridgehead atoms. The van der Waals surface area contributed by atoms with Crippen molar-refractivity contribution in [3.8, 4) is 0 Å². The van der Waals surface area contributed by atoms with Gasteiger partial charge in [0.15, 0.2) is 0 Å². The summed E-state index contributed by atoms with van der Waals surface area (Å²) >= 11 is 0. The first-order valence-electron chi connectivity index (χ1n) is 8.26. The second-order valence-corrected chi connectivity index (χ2v) is 6.32. The quantitative estimate of drug-likeness (QED) is 0.646. The van der Waals surface area contributed by atoms with Gasteiger partial charge in [0.1, 0.15) is 0 Å². The molecule has 0 heterocycles. The van der Waals surface area contributed by atoms with Crippen LogP contribution in [-0.2, 0) is 12.8 Å². The van der Waals surface area contributed by atoms with Gasteiger partial charge in [-0.25, -0.2) is 0 Å². The smallest absolute Gasteiger partial charge is 0.0580 e. The third kappa shape index (κ3) is 2.63. The van der Waals surface area contributed by atoms with Gasteiger partial charge in [0.2, 0.25) is 0 Å². The van der Waals surface area contributed by atoms with Crippen LogP contribution in [0, 0.1) is 0 Å². The zero-order valence-electron chi connectivity index (χ0n) is 13.4. The van der Waals surface area contributed by atoms with Crippen LogP contribution in [0.1, 0.15) is 22.7 Å². The van der Waals surface area contributed by atoms with Crippen LogP contribution in [0.3, 0.4) is 0 Å². The first kappa shape index (κ1) is 14.1. The summed E-state index contributed by atoms with van der Waals surface area (Å²) in [7, 11) is 2.19. The fourth-order valence-electron chi connectivity index (χ4n) is 3.65. The Morgan fingerprint density at radius 2 is 1.74 bits per heavy atom. The molecule has 3 aromatic rings. The third-order valence-corrected chi connectivity index (χ3v) is 4.82. The Balaban J connectivity index is 1.55. The number of allylic oxidation sites excluding steroid dienone is 1. The molecular weight excluding hydrogens is 278 g/mol. The van der Waals surface area contributed by atoms with Crippen molar-refractivity contribution in [1.29, 1.82) is 0 Å². The number of hydrogen-bond acceptors (Lipinski definition) is 1. The van der Waals surface area contributed by atoms with Crippen molar-refractivity contribution in [2.75, 3.05) is 7.05 Å². The van der Waals surface area contributed by atoms with E-state index in [-0.39, 0.29) is 0 Å². The molecule has 0 saturated heterocycles. The molecule has 114 valence electrons. The molecule has 23 heavy (non-hydrogen) atoms. The summed E-state index contributed by atoms with van der Waals surface area (Å²) in [5, 5.41) is 2.83. The van der Waals surface area contributed by atoms with Crippen molar-refractivity contribution >= 4 is 10.8 Å². The molecule has 0 fully saturated rings. The molecule has 1 unspecified atom stereocenters. The average molecular weight is 299 g/mol. The highest BCUT2D eigenvalue weighted by atomic mass is 15.1. The van der Waals surface area contributed by atoms with Crippen LogP contribution in [0.25, 0.3) is 10.8 Å². The van der Waals surface area contributed by atoms with E-state index in [1.165, 1.54) is 27.5 Å². The minimum Gasteiger partial charge on any atom is -0.373 e. The van der Waals surface area contributed by atoms with Crippen molar-refractivity contribution in [3.05, 3.63) is 95.7 Å². The third-order valence-electron chi connectivity index (χ3n) is 4.82. The standard InChI is InChI=1S/C22H21N/c1-23(15-7-10-17-8-3-2-4-9-17)21-16-19-13-5-11-18-12-6-14-20(21)22(18)19/h2-9,11-15,21H,10,16H2,1H3. The molecule has 0 aliphatic heterocycles. The van der Waals surface area contributed by atoms with Gasteiger partial charge >= 0.3 is 0 Å². The summed E-state index contributed by atoms with van der Waals surface area (Å²) in [6.07, 6.45) is 6.58. The minimum absolute atomic E-state index is 0.447. The van der Waals surface area contributed by atoms with E-state index in [0.717, 1.165) is 12.8 Å². The maximum absolute atomic E-state index is 2.36. The molecular formula is C22H21N. The van der Waals surface area contributed by atoms with Crippen LogP contribution in [-0.4, -0.2) is 11.9 Å². The maximum Gasteiger partial charge on any atom is 0.0580 e. The van der Waals surface area contributed by atoms with Crippen molar-refractivity contribution in [3.63, 3.8) is 0 Å². The molecule has 1 atom stereocenters. The molecule has 0 saturated carbocycles. The summed E-state index contributed by atoms with van der Waals surface area (Å²) < 4.78 is 0. The number of benzene rings is 3. The Bertz CT molecular complexity index is 843. The van der Waals surface area contributed by atoms with Crippen LogP contribution in [0.2, 0.25) is 0 Å². The molecule has 1 aliphatic carbocycles. The highest BCUT2D eigenvalue weighted by molar-refractivity contribution is 5.91. The Labute approximate surface area is 137 Å². The van der Waals surface area contributed by atoms with E-state index in [4.69, 9.17) is 0 Å². The van der Waals surface area contributed by atoms with E-state index in [1.54, 1.807) is 0 Å². The van der Waals surface area contributed by atoms with Crippen LogP contribution in [0.5, 0.6) is 0 Å². The zero-order chi connectivity index (χ0) is 15.6. The van der Waals surface area contributed by atoms with Gasteiger partial charge in [0.25, 0.3) is 0 Å². The van der Waals surface area contributed by atoms with E-state index in [1.807, 2.05) is 0 Å². The van der Waals surface area contributed by atoms with Crippen molar-refractivity contribution in [1.82, 2.24) is 4.90 Å². The predicted molar refractivity (Wildman–Crippen MR) is 97.4 cm³/mol. The van der Waals surface area contributed by atoms with Crippen LogP contribution < -0.4 is 0 Å². The Morgan fingerprint density at radius 3 is 2.57 bits per heavy atom. The van der Waals surface area contributed by atoms with Gasteiger partial charge in [-0.1, -0.05) is 72.8 Å². The Kier molecular flexibility index (Phi) is 3.63. The second-order valence-electron chi connectivity index (χ2n) is 6.32. The maximum atomic E-state index is 2.36. The largest absolute Gasteiger partial charge is 0.373 e. The second kappa shape index (κ2) is 5.92. The Hall–Kier alpha value is -2.54. The number of rotatable bonds is 4. The Morgan fingerprint density at radius 1 is 0.957 bits per heavy atom. The highest BCUT2D eigenvalue weighted by Crippen LogP contribution is 2.39. The van der Waals surface area contributed by atoms with Crippen molar-refractivity contribution < 1.29 is 0 Å². The summed E-state index contributed by atoms with van der Waals surface area (Å²) in [4.78, 5) is 2.36. The summed E-state index contributed by atoms with van der Waals surface area (Å²) in [6, 6.07) is 24.4. The zero-order valence-corrected chi connectivity index (χ0v) is 13.4. The molecule has 3 aromatic carbocycles. The molecule has 0 N–H and O–H groups in total. The SMILES string of the molecule is CN(C=CCc1ccccc1)C1Cc2cccc3cccc1c23. The molecule has 1 aliphatic rings. The number of hydrogen-bond donors (Lipinski definition) is 0. The highest BCUT2D eigenvalue weighted by Gasteiger charge is 2.25. The van der Waals surface area contributed by atoms with Gasteiger partial charge in [0, 0.05) is 7.05 Å². The van der Waals surface area contributed by atoms with E-state index in [2.05, 4.69) is 91.0 Å². The summed E-state index contributed by atoms with van der Waals surface area (Å²) in [5.41, 5.74) is 4.30. The molecule has 4 rings (SSSR count). The van der Waals surface area contributed by atoms with Gasteiger partial charge in [-0.2, -0.15) is 0 Å². The lowest BCUT2D eigenvalue weighted by Crippen LogP contribution is -2.18. The van der Waals surface area contributed by atoms with Crippen molar-refractivity contribution in [2.24, 2.45) is 0 Å². The van der Waals surface area contributed by atoms with Gasteiger partial charge in [-0.05, 0) is 46.5 Å². The normalized spacial score (nSPS) is 16.3. The van der Waals surface area contributed by atoms with E-state index in [0.29, 0.717) is 6.04 Å². The lowest BCUT2D eigenvalue weighted by Gasteiger charge is -2.23. The van der Waals surface area contributed by atoms with E-state index >= 15 is 0 Å². The average Bonchev–Trinajstić information content (AvgIpc) is 2.97. The number of likely N-dealkylation sites (N-methyl/N-ethyl adjacent to an activating group) is 1. The molecule has 1 heteroatoms. The monoisotopic (exact) mass is 299 g/mol. The van der Waals surface area contributed by atoms with E-state index in [9.17, 15) is 0 Å². The predicted octanol–water partition coefficient (Wildman–Crippen LogP) is 5.13. The van der Waals surface area contributed by atoms with Gasteiger partial charge in [0.05, 0.1) is 6.04 Å². The number of nitrogens with zero attached hydrogens (tertiary/aromatic N) is 1. The first-order valence-corrected chi connectivity index (χ1v) is 8.26. The van der Waals surface area contributed by atoms with Crippen LogP contribution >= 0.6 is 0 Å². The topological polar surface area (TPSA) is 3.24 Å². The molecule has 0 radical (unpaired) electrons. The molecule has 1 nitrogen and oxygen atoms in total. The molecule has 0 spiro atoms. The van der Waals surface area contributed by atoms with Gasteiger partial charge in [-0.15, -0.1) is 0 Å². The van der Waals surface area contributed by atoms with Crippen molar-refractivity contribution in [2.45, 2.75) is 18.9 Å². The molecule has 0 amide bonds. The lowest BCUT2D eigenvalue weighted by atomic mass is 10.0. The summed E-state index contributed by atoms with van der Waals surface area (Å²) in [5.74, 6) is 0. The summed E-state index contributed by atoms with van der Waals surface area (Å²) in [6.45, 7) is 0. The van der Waals surface area contributed by atoms with Crippen LogP contribution in [0.4, 0.5) is 0 Å². The minimum atomic E-state index is 0.447. The fraction of sp³-hybridized carbons (Fsp3) is 0.182. The first-order chi connectivity index (χ1) is 11.3. The molecule has 0 aromatic heterocycles. The fourth-order valence-corrected chi connectivity index (χ4v) is 3.65. The van der Waals surface area contributed by atoms with Gasteiger partial charge in [-0.3, -0.25) is 0 Å². The lowest BCUT2D eigenvalue weighted by molar-refractivity contribution is 0.343. The van der Waals surface area contributed by atoms with Crippen LogP contribution in [0.15, 0.2) is 79.0 Å².